The van der Waals surface area contributed by atoms with Crippen LogP contribution >= 0.6 is 0 Å². The SMILES string of the molecule is CCCCOC(=O)CCCCCC=O. The molecular formula is C11H20O3. The molecule has 3 heteroatoms. The number of carbonyl (C=O) groups is 2. The molecule has 0 aliphatic rings. The van der Waals surface area contributed by atoms with Crippen LogP contribution in [-0.4, -0.2) is 18.9 Å². The molecule has 0 saturated carbocycles. The minimum absolute atomic E-state index is 0.107. The van der Waals surface area contributed by atoms with E-state index >= 15 is 0 Å². The maximum atomic E-state index is 11.1. The smallest absolute Gasteiger partial charge is 0.305 e. The molecule has 0 radical (unpaired) electrons. The molecule has 0 spiro atoms. The summed E-state index contributed by atoms with van der Waals surface area (Å²) in [4.78, 5) is 21.0. The van der Waals surface area contributed by atoms with E-state index < -0.39 is 0 Å². The number of hydrogen-bond acceptors (Lipinski definition) is 3. The quantitative estimate of drug-likeness (QED) is 0.326. The van der Waals surface area contributed by atoms with Crippen LogP contribution in [0.15, 0.2) is 0 Å². The lowest BCUT2D eigenvalue weighted by atomic mass is 10.1. The second-order valence-electron chi connectivity index (χ2n) is 3.34. The fourth-order valence-electron chi connectivity index (χ4n) is 1.08. The third-order valence-electron chi connectivity index (χ3n) is 1.96. The van der Waals surface area contributed by atoms with Crippen LogP contribution in [0.4, 0.5) is 0 Å². The van der Waals surface area contributed by atoms with Crippen molar-refractivity contribution < 1.29 is 14.3 Å². The van der Waals surface area contributed by atoms with Gasteiger partial charge in [-0.1, -0.05) is 19.8 Å². The minimum atomic E-state index is -0.107. The van der Waals surface area contributed by atoms with E-state index in [1.54, 1.807) is 0 Å². The van der Waals surface area contributed by atoms with Gasteiger partial charge in [-0.25, -0.2) is 0 Å². The van der Waals surface area contributed by atoms with Crippen LogP contribution in [0.2, 0.25) is 0 Å². The first kappa shape index (κ1) is 13.1. The van der Waals surface area contributed by atoms with Crippen molar-refractivity contribution in [1.29, 1.82) is 0 Å². The summed E-state index contributed by atoms with van der Waals surface area (Å²) in [6.45, 7) is 2.61. The molecule has 0 atom stereocenters. The molecule has 0 aliphatic carbocycles. The number of ether oxygens (including phenoxy) is 1. The summed E-state index contributed by atoms with van der Waals surface area (Å²) in [6.07, 6.45) is 6.64. The molecule has 0 aromatic heterocycles. The Morgan fingerprint density at radius 3 is 2.64 bits per heavy atom. The Balaban J connectivity index is 3.14. The number of aldehydes is 1. The van der Waals surface area contributed by atoms with Gasteiger partial charge in [-0.3, -0.25) is 4.79 Å². The van der Waals surface area contributed by atoms with Gasteiger partial charge in [0.15, 0.2) is 0 Å². The summed E-state index contributed by atoms with van der Waals surface area (Å²) in [5, 5.41) is 0. The van der Waals surface area contributed by atoms with Gasteiger partial charge in [0, 0.05) is 12.8 Å². The highest BCUT2D eigenvalue weighted by Crippen LogP contribution is 2.03. The Labute approximate surface area is 85.8 Å². The summed E-state index contributed by atoms with van der Waals surface area (Å²) in [5.74, 6) is -0.107. The lowest BCUT2D eigenvalue weighted by Gasteiger charge is -2.02. The molecule has 0 amide bonds. The van der Waals surface area contributed by atoms with Gasteiger partial charge >= 0.3 is 5.97 Å². The summed E-state index contributed by atoms with van der Waals surface area (Å²) in [5.41, 5.74) is 0. The predicted octanol–water partition coefficient (Wildman–Crippen LogP) is 2.48. The molecule has 0 fully saturated rings. The van der Waals surface area contributed by atoms with Crippen molar-refractivity contribution >= 4 is 12.3 Å². The van der Waals surface area contributed by atoms with Gasteiger partial charge in [-0.2, -0.15) is 0 Å². The molecular weight excluding hydrogens is 180 g/mol. The van der Waals surface area contributed by atoms with Crippen LogP contribution in [0.3, 0.4) is 0 Å². The molecule has 0 N–H and O–H groups in total. The van der Waals surface area contributed by atoms with Gasteiger partial charge in [0.2, 0.25) is 0 Å². The molecule has 0 heterocycles. The predicted molar refractivity (Wildman–Crippen MR) is 55.0 cm³/mol. The van der Waals surface area contributed by atoms with Crippen molar-refractivity contribution in [2.75, 3.05) is 6.61 Å². The van der Waals surface area contributed by atoms with E-state index in [4.69, 9.17) is 4.74 Å². The molecule has 0 aliphatic heterocycles. The summed E-state index contributed by atoms with van der Waals surface area (Å²) in [7, 11) is 0. The van der Waals surface area contributed by atoms with Crippen LogP contribution < -0.4 is 0 Å². The third-order valence-corrected chi connectivity index (χ3v) is 1.96. The first-order valence-corrected chi connectivity index (χ1v) is 5.40. The number of unbranched alkanes of at least 4 members (excludes halogenated alkanes) is 4. The third kappa shape index (κ3) is 9.23. The first-order chi connectivity index (χ1) is 6.81. The zero-order valence-corrected chi connectivity index (χ0v) is 8.96. The van der Waals surface area contributed by atoms with Crippen molar-refractivity contribution in [2.45, 2.75) is 51.9 Å². The van der Waals surface area contributed by atoms with Gasteiger partial charge in [-0.05, 0) is 19.3 Å². The molecule has 82 valence electrons. The molecule has 0 rings (SSSR count). The van der Waals surface area contributed by atoms with E-state index in [1.807, 2.05) is 0 Å². The Kier molecular flexibility index (Phi) is 9.59. The maximum Gasteiger partial charge on any atom is 0.305 e. The van der Waals surface area contributed by atoms with Gasteiger partial charge < -0.3 is 9.53 Å². The molecule has 14 heavy (non-hydrogen) atoms. The van der Waals surface area contributed by atoms with Gasteiger partial charge in [0.1, 0.15) is 6.29 Å². The van der Waals surface area contributed by atoms with Crippen molar-refractivity contribution in [3.05, 3.63) is 0 Å². The zero-order valence-electron chi connectivity index (χ0n) is 8.96. The van der Waals surface area contributed by atoms with E-state index in [-0.39, 0.29) is 5.97 Å². The number of hydrogen-bond donors (Lipinski definition) is 0. The lowest BCUT2D eigenvalue weighted by molar-refractivity contribution is -0.143. The maximum absolute atomic E-state index is 11.1. The van der Waals surface area contributed by atoms with E-state index in [9.17, 15) is 9.59 Å². The topological polar surface area (TPSA) is 43.4 Å². The number of rotatable bonds is 9. The zero-order chi connectivity index (χ0) is 10.6. The number of carbonyl (C=O) groups excluding carboxylic acids is 2. The van der Waals surface area contributed by atoms with Crippen LogP contribution in [-0.2, 0) is 14.3 Å². The summed E-state index contributed by atoms with van der Waals surface area (Å²) >= 11 is 0. The first-order valence-electron chi connectivity index (χ1n) is 5.40. The van der Waals surface area contributed by atoms with E-state index in [0.29, 0.717) is 19.4 Å². The standard InChI is InChI=1S/C11H20O3/c1-2-3-10-14-11(13)8-6-4-5-7-9-12/h9H,2-8,10H2,1H3. The summed E-state index contributed by atoms with van der Waals surface area (Å²) in [6, 6.07) is 0. The van der Waals surface area contributed by atoms with E-state index in [2.05, 4.69) is 6.92 Å². The fraction of sp³-hybridized carbons (Fsp3) is 0.818. The van der Waals surface area contributed by atoms with Crippen LogP contribution in [0.25, 0.3) is 0 Å². The van der Waals surface area contributed by atoms with Crippen LogP contribution in [0, 0.1) is 0 Å². The minimum Gasteiger partial charge on any atom is -0.466 e. The summed E-state index contributed by atoms with van der Waals surface area (Å²) < 4.78 is 4.98. The van der Waals surface area contributed by atoms with Crippen molar-refractivity contribution in [2.24, 2.45) is 0 Å². The van der Waals surface area contributed by atoms with Crippen molar-refractivity contribution in [3.8, 4) is 0 Å². The highest BCUT2D eigenvalue weighted by Gasteiger charge is 2.01. The molecule has 0 saturated heterocycles. The Morgan fingerprint density at radius 2 is 2.00 bits per heavy atom. The number of esters is 1. The highest BCUT2D eigenvalue weighted by molar-refractivity contribution is 5.69. The Hall–Kier alpha value is -0.860. The average Bonchev–Trinajstić information content (AvgIpc) is 2.18. The second-order valence-corrected chi connectivity index (χ2v) is 3.34. The van der Waals surface area contributed by atoms with Crippen molar-refractivity contribution in [3.63, 3.8) is 0 Å². The van der Waals surface area contributed by atoms with Crippen LogP contribution in [0.1, 0.15) is 51.9 Å². The second kappa shape index (κ2) is 10.2. The fourth-order valence-corrected chi connectivity index (χ4v) is 1.08. The highest BCUT2D eigenvalue weighted by atomic mass is 16.5. The lowest BCUT2D eigenvalue weighted by Crippen LogP contribution is -2.05. The average molecular weight is 200 g/mol. The Bertz CT molecular complexity index is 155. The molecule has 3 nitrogen and oxygen atoms in total. The largest absolute Gasteiger partial charge is 0.466 e. The molecule has 0 unspecified atom stereocenters. The van der Waals surface area contributed by atoms with Gasteiger partial charge in [-0.15, -0.1) is 0 Å². The Morgan fingerprint density at radius 1 is 1.21 bits per heavy atom. The van der Waals surface area contributed by atoms with Crippen LogP contribution in [0.5, 0.6) is 0 Å². The van der Waals surface area contributed by atoms with Gasteiger partial charge in [0.05, 0.1) is 6.61 Å². The normalized spacial score (nSPS) is 9.79. The van der Waals surface area contributed by atoms with Crippen molar-refractivity contribution in [1.82, 2.24) is 0 Å². The molecule has 0 aromatic carbocycles. The van der Waals surface area contributed by atoms with E-state index in [1.165, 1.54) is 0 Å². The van der Waals surface area contributed by atoms with Gasteiger partial charge in [0.25, 0.3) is 0 Å². The monoisotopic (exact) mass is 200 g/mol. The van der Waals surface area contributed by atoms with E-state index in [0.717, 1.165) is 38.4 Å². The molecule has 0 aromatic rings. The molecule has 0 bridgehead atoms.